The van der Waals surface area contributed by atoms with E-state index in [1.165, 1.54) is 4.90 Å². The van der Waals surface area contributed by atoms with Crippen molar-refractivity contribution >= 4 is 5.97 Å². The van der Waals surface area contributed by atoms with Gasteiger partial charge in [-0.05, 0) is 19.8 Å². The van der Waals surface area contributed by atoms with Crippen LogP contribution in [-0.2, 0) is 9.53 Å². The molecule has 0 aromatic heterocycles. The van der Waals surface area contributed by atoms with E-state index in [1.54, 1.807) is 6.92 Å². The first-order valence-electron chi connectivity index (χ1n) is 6.96. The van der Waals surface area contributed by atoms with E-state index in [4.69, 9.17) is 4.74 Å². The Morgan fingerprint density at radius 1 is 1.40 bits per heavy atom. The molecule has 1 saturated carbocycles. The van der Waals surface area contributed by atoms with Crippen molar-refractivity contribution in [2.75, 3.05) is 19.7 Å². The molecule has 0 aliphatic heterocycles. The van der Waals surface area contributed by atoms with Crippen LogP contribution in [0.3, 0.4) is 0 Å². The van der Waals surface area contributed by atoms with Crippen molar-refractivity contribution in [1.29, 1.82) is 0 Å². The van der Waals surface area contributed by atoms with E-state index in [0.717, 1.165) is 12.8 Å². The number of hydrogen-bond donors (Lipinski definition) is 1. The smallest absolute Gasteiger partial charge is 0.401 e. The summed E-state index contributed by atoms with van der Waals surface area (Å²) in [4.78, 5) is 13.2. The molecule has 7 heteroatoms. The molecule has 1 fully saturated rings. The molecule has 1 rings (SSSR count). The number of alkyl halides is 3. The number of nitrogens with one attached hydrogen (secondary N) is 1. The molecule has 0 bridgehead atoms. The molecule has 0 spiro atoms. The van der Waals surface area contributed by atoms with Gasteiger partial charge in [0, 0.05) is 18.6 Å². The van der Waals surface area contributed by atoms with Gasteiger partial charge < -0.3 is 10.1 Å². The van der Waals surface area contributed by atoms with Crippen molar-refractivity contribution in [3.05, 3.63) is 0 Å². The minimum absolute atomic E-state index is 0.00338. The van der Waals surface area contributed by atoms with Gasteiger partial charge in [0.15, 0.2) is 0 Å². The first-order chi connectivity index (χ1) is 9.23. The molecule has 1 N–H and O–H groups in total. The minimum atomic E-state index is -4.25. The van der Waals surface area contributed by atoms with Gasteiger partial charge >= 0.3 is 12.1 Å². The summed E-state index contributed by atoms with van der Waals surface area (Å²) in [5.74, 6) is -0.492. The molecule has 118 valence electrons. The quantitative estimate of drug-likeness (QED) is 0.695. The summed E-state index contributed by atoms with van der Waals surface area (Å²) < 4.78 is 42.7. The van der Waals surface area contributed by atoms with Crippen molar-refractivity contribution in [3.8, 4) is 0 Å². The van der Waals surface area contributed by atoms with Gasteiger partial charge in [-0.1, -0.05) is 13.8 Å². The van der Waals surface area contributed by atoms with Crippen molar-refractivity contribution < 1.29 is 22.7 Å². The molecule has 0 saturated heterocycles. The summed E-state index contributed by atoms with van der Waals surface area (Å²) in [5.41, 5.74) is 0. The molecule has 1 atom stereocenters. The third kappa shape index (κ3) is 6.56. The van der Waals surface area contributed by atoms with E-state index in [1.807, 2.05) is 13.8 Å². The van der Waals surface area contributed by atoms with Gasteiger partial charge in [0.25, 0.3) is 0 Å². The number of carbonyl (C=O) groups excluding carboxylic acids is 1. The Labute approximate surface area is 117 Å². The maximum atomic E-state index is 12.6. The second-order valence-electron chi connectivity index (χ2n) is 5.40. The molecule has 0 aromatic rings. The standard InChI is InChI=1S/C13H23F3N2O2/c1-4-20-12(19)11(17-9(2)3)7-18(10-5-6-10)8-13(14,15)16/h9-11,17H,4-8H2,1-3H3. The van der Waals surface area contributed by atoms with Crippen LogP contribution in [0.1, 0.15) is 33.6 Å². The Bertz CT molecular complexity index is 317. The fourth-order valence-electron chi connectivity index (χ4n) is 2.09. The predicted octanol–water partition coefficient (Wildman–Crippen LogP) is 1.94. The summed E-state index contributed by atoms with van der Waals surface area (Å²) in [5, 5.41) is 2.98. The third-order valence-electron chi connectivity index (χ3n) is 2.97. The summed E-state index contributed by atoms with van der Waals surface area (Å²) in [7, 11) is 0. The second-order valence-corrected chi connectivity index (χ2v) is 5.40. The zero-order valence-corrected chi connectivity index (χ0v) is 12.2. The van der Waals surface area contributed by atoms with Crippen LogP contribution in [0.25, 0.3) is 0 Å². The topological polar surface area (TPSA) is 41.6 Å². The number of halogens is 3. The van der Waals surface area contributed by atoms with E-state index in [0.29, 0.717) is 0 Å². The molecular weight excluding hydrogens is 273 g/mol. The molecule has 1 aliphatic rings. The summed E-state index contributed by atoms with van der Waals surface area (Å²) in [6, 6.07) is -0.795. The van der Waals surface area contributed by atoms with Gasteiger partial charge in [-0.3, -0.25) is 9.69 Å². The zero-order chi connectivity index (χ0) is 15.3. The summed E-state index contributed by atoms with van der Waals surface area (Å²) in [6.07, 6.45) is -2.74. The van der Waals surface area contributed by atoms with E-state index < -0.39 is 24.7 Å². The molecule has 20 heavy (non-hydrogen) atoms. The fraction of sp³-hybridized carbons (Fsp3) is 0.923. The Balaban J connectivity index is 2.66. The highest BCUT2D eigenvalue weighted by atomic mass is 19.4. The third-order valence-corrected chi connectivity index (χ3v) is 2.97. The van der Waals surface area contributed by atoms with Gasteiger partial charge in [-0.15, -0.1) is 0 Å². The largest absolute Gasteiger partial charge is 0.465 e. The lowest BCUT2D eigenvalue weighted by Gasteiger charge is -2.28. The number of nitrogens with zero attached hydrogens (tertiary/aromatic N) is 1. The zero-order valence-electron chi connectivity index (χ0n) is 12.2. The molecule has 4 nitrogen and oxygen atoms in total. The number of rotatable bonds is 8. The lowest BCUT2D eigenvalue weighted by atomic mass is 10.2. The van der Waals surface area contributed by atoms with E-state index >= 15 is 0 Å². The number of ether oxygens (including phenoxy) is 1. The van der Waals surface area contributed by atoms with Crippen LogP contribution in [0.4, 0.5) is 13.2 Å². The van der Waals surface area contributed by atoms with Crippen LogP contribution in [0.15, 0.2) is 0 Å². The second kappa shape index (κ2) is 7.26. The Kier molecular flexibility index (Phi) is 6.26. The fourth-order valence-corrected chi connectivity index (χ4v) is 2.09. The Hall–Kier alpha value is -0.820. The average Bonchev–Trinajstić information content (AvgIpc) is 3.08. The van der Waals surface area contributed by atoms with E-state index in [2.05, 4.69) is 5.32 Å². The van der Waals surface area contributed by atoms with Crippen LogP contribution in [0, 0.1) is 0 Å². The predicted molar refractivity (Wildman–Crippen MR) is 69.3 cm³/mol. The molecule has 1 aliphatic carbocycles. The monoisotopic (exact) mass is 296 g/mol. The van der Waals surface area contributed by atoms with Gasteiger partial charge in [0.1, 0.15) is 6.04 Å². The highest BCUT2D eigenvalue weighted by molar-refractivity contribution is 5.76. The molecule has 0 radical (unpaired) electrons. The first kappa shape index (κ1) is 17.2. The average molecular weight is 296 g/mol. The van der Waals surface area contributed by atoms with Crippen LogP contribution in [0.5, 0.6) is 0 Å². The van der Waals surface area contributed by atoms with E-state index in [9.17, 15) is 18.0 Å². The van der Waals surface area contributed by atoms with Crippen LogP contribution in [0.2, 0.25) is 0 Å². The minimum Gasteiger partial charge on any atom is -0.465 e. The number of carbonyl (C=O) groups is 1. The SMILES string of the molecule is CCOC(=O)C(CN(CC(F)(F)F)C1CC1)NC(C)C. The van der Waals surface area contributed by atoms with Gasteiger partial charge in [-0.2, -0.15) is 13.2 Å². The number of esters is 1. The molecular formula is C13H23F3N2O2. The highest BCUT2D eigenvalue weighted by Gasteiger charge is 2.40. The van der Waals surface area contributed by atoms with Crippen LogP contribution < -0.4 is 5.32 Å². The van der Waals surface area contributed by atoms with Gasteiger partial charge in [-0.25, -0.2) is 0 Å². The highest BCUT2D eigenvalue weighted by Crippen LogP contribution is 2.30. The Morgan fingerprint density at radius 3 is 2.40 bits per heavy atom. The van der Waals surface area contributed by atoms with Crippen molar-refractivity contribution in [3.63, 3.8) is 0 Å². The van der Waals surface area contributed by atoms with Gasteiger partial charge in [0.05, 0.1) is 13.2 Å². The van der Waals surface area contributed by atoms with Crippen molar-refractivity contribution in [1.82, 2.24) is 10.2 Å². The molecule has 1 unspecified atom stereocenters. The van der Waals surface area contributed by atoms with Crippen molar-refractivity contribution in [2.24, 2.45) is 0 Å². The lowest BCUT2D eigenvalue weighted by Crippen LogP contribution is -2.51. The summed E-state index contributed by atoms with van der Waals surface area (Å²) >= 11 is 0. The molecule has 0 heterocycles. The van der Waals surface area contributed by atoms with Crippen molar-refractivity contribution in [2.45, 2.75) is 57.9 Å². The molecule has 0 amide bonds. The normalized spacial score (nSPS) is 17.6. The molecule has 0 aromatic carbocycles. The Morgan fingerprint density at radius 2 is 2.00 bits per heavy atom. The first-order valence-corrected chi connectivity index (χ1v) is 6.96. The summed E-state index contributed by atoms with van der Waals surface area (Å²) in [6.45, 7) is 4.64. The van der Waals surface area contributed by atoms with E-state index in [-0.39, 0.29) is 25.2 Å². The maximum Gasteiger partial charge on any atom is 0.401 e. The van der Waals surface area contributed by atoms with Crippen LogP contribution in [-0.4, -0.2) is 54.9 Å². The number of hydrogen-bond acceptors (Lipinski definition) is 4. The lowest BCUT2D eigenvalue weighted by molar-refractivity contribution is -0.155. The maximum absolute atomic E-state index is 12.6. The van der Waals surface area contributed by atoms with Crippen LogP contribution >= 0.6 is 0 Å². The van der Waals surface area contributed by atoms with Gasteiger partial charge in [0.2, 0.25) is 0 Å².